The maximum atomic E-state index is 5.61. The Balaban J connectivity index is 0.00000112. The highest BCUT2D eigenvalue weighted by atomic mass is 35.5. The van der Waals surface area contributed by atoms with Gasteiger partial charge in [-0.25, -0.2) is 4.98 Å². The van der Waals surface area contributed by atoms with Gasteiger partial charge in [0.2, 0.25) is 0 Å². The molecule has 0 aliphatic carbocycles. The van der Waals surface area contributed by atoms with E-state index in [2.05, 4.69) is 21.8 Å². The molecule has 2 heterocycles. The van der Waals surface area contributed by atoms with Crippen LogP contribution in [0.4, 0.5) is 5.82 Å². The fourth-order valence-electron chi connectivity index (χ4n) is 1.83. The Morgan fingerprint density at radius 3 is 2.50 bits per heavy atom. The van der Waals surface area contributed by atoms with Crippen LogP contribution in [0.1, 0.15) is 18.3 Å². The van der Waals surface area contributed by atoms with E-state index >= 15 is 0 Å². The van der Waals surface area contributed by atoms with Gasteiger partial charge in [0.25, 0.3) is 0 Å². The molecule has 1 aromatic heterocycles. The summed E-state index contributed by atoms with van der Waals surface area (Å²) < 4.78 is 0. The molecule has 0 saturated carbocycles. The Morgan fingerprint density at radius 2 is 1.88 bits per heavy atom. The number of nitrogens with two attached hydrogens (primary N) is 1. The first kappa shape index (κ1) is 15.4. The maximum Gasteiger partial charge on any atom is 0.142 e. The van der Waals surface area contributed by atoms with Crippen LogP contribution in [0.3, 0.4) is 0 Å². The molecule has 6 heteroatoms. The lowest BCUT2D eigenvalue weighted by atomic mass is 10.2. The molecule has 0 unspecified atom stereocenters. The largest absolute Gasteiger partial charge is 0.382 e. The molecule has 0 fully saturated rings. The van der Waals surface area contributed by atoms with Gasteiger partial charge in [-0.2, -0.15) is 0 Å². The van der Waals surface area contributed by atoms with Crippen molar-refractivity contribution in [2.24, 2.45) is 0 Å². The van der Waals surface area contributed by atoms with Gasteiger partial charge >= 0.3 is 0 Å². The molecule has 1 aromatic rings. The van der Waals surface area contributed by atoms with Crippen molar-refractivity contribution in [3.05, 3.63) is 17.6 Å². The highest BCUT2D eigenvalue weighted by Crippen LogP contribution is 2.12. The number of nitrogens with zero attached hydrogens (tertiary/aromatic N) is 3. The molecule has 2 N–H and O–H groups in total. The van der Waals surface area contributed by atoms with Crippen molar-refractivity contribution in [1.29, 1.82) is 0 Å². The summed E-state index contributed by atoms with van der Waals surface area (Å²) in [5.74, 6) is 0.536. The van der Waals surface area contributed by atoms with Crippen LogP contribution in [0.15, 0.2) is 6.20 Å². The van der Waals surface area contributed by atoms with Gasteiger partial charge in [-0.05, 0) is 6.54 Å². The first-order valence-corrected chi connectivity index (χ1v) is 5.12. The van der Waals surface area contributed by atoms with E-state index in [1.54, 1.807) is 6.20 Å². The molecule has 1 aliphatic rings. The van der Waals surface area contributed by atoms with E-state index in [0.29, 0.717) is 5.82 Å². The molecule has 0 radical (unpaired) electrons. The Kier molecular flexibility index (Phi) is 6.64. The number of aromatic nitrogens is 2. The first-order chi connectivity index (χ1) is 6.79. The third kappa shape index (κ3) is 3.47. The Bertz CT molecular complexity index is 333. The third-order valence-electron chi connectivity index (χ3n) is 2.73. The molecule has 0 spiro atoms. The van der Waals surface area contributed by atoms with Gasteiger partial charge in [-0.3, -0.25) is 4.98 Å². The fraction of sp³-hybridized carbons (Fsp3) is 0.600. The lowest BCUT2D eigenvalue weighted by Crippen LogP contribution is -2.25. The van der Waals surface area contributed by atoms with Crippen molar-refractivity contribution in [3.8, 4) is 0 Å². The van der Waals surface area contributed by atoms with Gasteiger partial charge in [-0.1, -0.05) is 6.92 Å². The second kappa shape index (κ2) is 6.89. The summed E-state index contributed by atoms with van der Waals surface area (Å²) in [4.78, 5) is 11.1. The van der Waals surface area contributed by atoms with Crippen molar-refractivity contribution in [2.45, 2.75) is 19.8 Å². The Hall–Kier alpha value is -0.580. The molecule has 2 rings (SSSR count). The number of hydrogen-bond donors (Lipinski definition) is 1. The van der Waals surface area contributed by atoms with E-state index in [0.717, 1.165) is 43.9 Å². The zero-order chi connectivity index (χ0) is 9.97. The lowest BCUT2D eigenvalue weighted by Gasteiger charge is -2.15. The van der Waals surface area contributed by atoms with Gasteiger partial charge in [0.1, 0.15) is 5.82 Å². The summed E-state index contributed by atoms with van der Waals surface area (Å²) in [6, 6.07) is 0. The summed E-state index contributed by atoms with van der Waals surface area (Å²) in [5.41, 5.74) is 7.82. The number of halogens is 2. The van der Waals surface area contributed by atoms with Crippen LogP contribution in [-0.4, -0.2) is 34.5 Å². The quantitative estimate of drug-likeness (QED) is 0.832. The zero-order valence-electron chi connectivity index (χ0n) is 9.35. The third-order valence-corrected chi connectivity index (χ3v) is 2.73. The molecule has 0 aromatic carbocycles. The molecule has 92 valence electrons. The van der Waals surface area contributed by atoms with E-state index < -0.39 is 0 Å². The maximum absolute atomic E-state index is 5.61. The predicted molar refractivity (Wildman–Crippen MR) is 70.5 cm³/mol. The van der Waals surface area contributed by atoms with Crippen molar-refractivity contribution in [3.63, 3.8) is 0 Å². The van der Waals surface area contributed by atoms with Crippen LogP contribution >= 0.6 is 24.8 Å². The van der Waals surface area contributed by atoms with Gasteiger partial charge in [-0.15, -0.1) is 24.8 Å². The molecular formula is C10H18Cl2N4. The van der Waals surface area contributed by atoms with E-state index in [4.69, 9.17) is 5.73 Å². The minimum Gasteiger partial charge on any atom is -0.382 e. The first-order valence-electron chi connectivity index (χ1n) is 5.12. The van der Waals surface area contributed by atoms with Crippen LogP contribution < -0.4 is 5.73 Å². The minimum atomic E-state index is 0. The second-order valence-corrected chi connectivity index (χ2v) is 3.62. The van der Waals surface area contributed by atoms with Gasteiger partial charge in [0, 0.05) is 25.9 Å². The summed E-state index contributed by atoms with van der Waals surface area (Å²) in [5, 5.41) is 0. The normalized spacial score (nSPS) is 15.3. The fourth-order valence-corrected chi connectivity index (χ4v) is 1.83. The van der Waals surface area contributed by atoms with E-state index in [1.807, 2.05) is 0 Å². The topological polar surface area (TPSA) is 55.0 Å². The van der Waals surface area contributed by atoms with Gasteiger partial charge < -0.3 is 10.6 Å². The number of rotatable bonds is 1. The van der Waals surface area contributed by atoms with E-state index in [-0.39, 0.29) is 24.8 Å². The molecule has 16 heavy (non-hydrogen) atoms. The number of likely N-dealkylation sites (N-methyl/N-ethyl adjacent to an activating group) is 1. The van der Waals surface area contributed by atoms with E-state index in [1.165, 1.54) is 0 Å². The molecule has 0 atom stereocenters. The molecule has 1 aliphatic heterocycles. The average molecular weight is 265 g/mol. The van der Waals surface area contributed by atoms with Crippen LogP contribution in [0.25, 0.3) is 0 Å². The molecular weight excluding hydrogens is 247 g/mol. The van der Waals surface area contributed by atoms with Crippen molar-refractivity contribution in [2.75, 3.05) is 25.4 Å². The minimum absolute atomic E-state index is 0. The van der Waals surface area contributed by atoms with Crippen LogP contribution in [0.5, 0.6) is 0 Å². The molecule has 4 nitrogen and oxygen atoms in total. The van der Waals surface area contributed by atoms with Crippen LogP contribution in [0, 0.1) is 0 Å². The zero-order valence-corrected chi connectivity index (χ0v) is 11.0. The van der Waals surface area contributed by atoms with Gasteiger partial charge in [0.05, 0.1) is 17.6 Å². The summed E-state index contributed by atoms with van der Waals surface area (Å²) in [6.45, 7) is 5.44. The summed E-state index contributed by atoms with van der Waals surface area (Å²) in [6.07, 6.45) is 3.62. The van der Waals surface area contributed by atoms with Crippen molar-refractivity contribution < 1.29 is 0 Å². The highest BCUT2D eigenvalue weighted by Gasteiger charge is 2.14. The highest BCUT2D eigenvalue weighted by molar-refractivity contribution is 5.85. The van der Waals surface area contributed by atoms with Gasteiger partial charge in [0.15, 0.2) is 0 Å². The predicted octanol–water partition coefficient (Wildman–Crippen LogP) is 1.32. The second-order valence-electron chi connectivity index (χ2n) is 3.62. The molecule has 0 amide bonds. The van der Waals surface area contributed by atoms with Crippen molar-refractivity contribution >= 4 is 30.6 Å². The number of nitrogen functional groups attached to an aromatic ring is 1. The standard InChI is InChI=1S/C10H16N4.2ClH/c1-2-14-5-3-8-9(4-6-14)13-10(11)7-12-8;;/h7H,2-6H2,1H3,(H2,11,13);2*1H. The summed E-state index contributed by atoms with van der Waals surface area (Å²) in [7, 11) is 0. The SMILES string of the molecule is CCN1CCc2ncc(N)nc2CC1.Cl.Cl. The molecule has 0 saturated heterocycles. The summed E-state index contributed by atoms with van der Waals surface area (Å²) >= 11 is 0. The smallest absolute Gasteiger partial charge is 0.142 e. The number of fused-ring (bicyclic) bond motifs is 1. The molecule has 0 bridgehead atoms. The average Bonchev–Trinajstić information content (AvgIpc) is 2.39. The Morgan fingerprint density at radius 1 is 1.25 bits per heavy atom. The number of hydrogen-bond acceptors (Lipinski definition) is 4. The van der Waals surface area contributed by atoms with Crippen LogP contribution in [0.2, 0.25) is 0 Å². The number of anilines is 1. The van der Waals surface area contributed by atoms with Crippen molar-refractivity contribution in [1.82, 2.24) is 14.9 Å². The van der Waals surface area contributed by atoms with Crippen LogP contribution in [-0.2, 0) is 12.8 Å². The monoisotopic (exact) mass is 264 g/mol. The lowest BCUT2D eigenvalue weighted by molar-refractivity contribution is 0.302. The Labute approximate surface area is 108 Å². The van der Waals surface area contributed by atoms with E-state index in [9.17, 15) is 0 Å².